The molecule has 1 saturated carbocycles. The third-order valence-electron chi connectivity index (χ3n) is 7.29. The number of nitrogens with zero attached hydrogens (tertiary/aromatic N) is 2. The average molecular weight is 476 g/mol. The maximum absolute atomic E-state index is 13.8. The van der Waals surface area contributed by atoms with E-state index in [9.17, 15) is 14.0 Å². The molecule has 0 radical (unpaired) electrons. The predicted octanol–water partition coefficient (Wildman–Crippen LogP) is 4.78. The van der Waals surface area contributed by atoms with Gasteiger partial charge in [-0.1, -0.05) is 37.3 Å². The number of hydrogen-bond acceptors (Lipinski definition) is 4. The molecule has 34 heavy (non-hydrogen) atoms. The fraction of sp³-hybridized carbons (Fsp3) is 0.704. The van der Waals surface area contributed by atoms with Gasteiger partial charge in [0, 0.05) is 19.1 Å². The monoisotopic (exact) mass is 475 g/mol. The lowest BCUT2D eigenvalue weighted by Crippen LogP contribution is -2.54. The molecule has 1 saturated heterocycles. The first-order valence-corrected chi connectivity index (χ1v) is 12.7. The highest BCUT2D eigenvalue weighted by atomic mass is 19.1. The van der Waals surface area contributed by atoms with Crippen LogP contribution >= 0.6 is 0 Å². The molecule has 1 aliphatic carbocycles. The molecule has 1 aromatic rings. The van der Waals surface area contributed by atoms with E-state index in [4.69, 9.17) is 4.74 Å². The third kappa shape index (κ3) is 7.42. The van der Waals surface area contributed by atoms with Gasteiger partial charge in [-0.15, -0.1) is 0 Å². The SMILES string of the molecule is C[C@@H](C1CCC(N(C)Cc2ccccc2)CC1)[C@H](NC(=O)OC(C)(C)C)C(=O)N1CC[C@H](F)C1. The van der Waals surface area contributed by atoms with Crippen LogP contribution in [0.1, 0.15) is 65.4 Å². The highest BCUT2D eigenvalue weighted by Crippen LogP contribution is 2.35. The molecule has 0 unspecified atom stereocenters. The van der Waals surface area contributed by atoms with Crippen LogP contribution in [0, 0.1) is 11.8 Å². The van der Waals surface area contributed by atoms with Crippen LogP contribution in [-0.2, 0) is 16.1 Å². The van der Waals surface area contributed by atoms with E-state index in [0.717, 1.165) is 32.2 Å². The number of likely N-dealkylation sites (tertiary alicyclic amines) is 1. The van der Waals surface area contributed by atoms with Crippen LogP contribution in [0.3, 0.4) is 0 Å². The summed E-state index contributed by atoms with van der Waals surface area (Å²) in [5, 5.41) is 2.84. The maximum atomic E-state index is 13.8. The van der Waals surface area contributed by atoms with Crippen LogP contribution in [0.4, 0.5) is 9.18 Å². The number of nitrogens with one attached hydrogen (secondary N) is 1. The van der Waals surface area contributed by atoms with Gasteiger partial charge in [-0.05, 0) is 77.3 Å². The minimum atomic E-state index is -0.989. The molecular weight excluding hydrogens is 433 g/mol. The van der Waals surface area contributed by atoms with Crippen molar-refractivity contribution in [3.8, 4) is 0 Å². The van der Waals surface area contributed by atoms with Crippen molar-refractivity contribution in [3.05, 3.63) is 35.9 Å². The molecule has 2 amide bonds. The van der Waals surface area contributed by atoms with Crippen molar-refractivity contribution in [1.29, 1.82) is 0 Å². The van der Waals surface area contributed by atoms with Gasteiger partial charge in [-0.25, -0.2) is 9.18 Å². The van der Waals surface area contributed by atoms with Crippen molar-refractivity contribution in [2.24, 2.45) is 11.8 Å². The second-order valence-electron chi connectivity index (χ2n) is 11.1. The van der Waals surface area contributed by atoms with Crippen LogP contribution < -0.4 is 5.32 Å². The van der Waals surface area contributed by atoms with Gasteiger partial charge in [0.2, 0.25) is 5.91 Å². The Labute approximate surface area is 204 Å². The van der Waals surface area contributed by atoms with Gasteiger partial charge in [0.25, 0.3) is 0 Å². The lowest BCUT2D eigenvalue weighted by atomic mass is 9.75. The highest BCUT2D eigenvalue weighted by Gasteiger charge is 2.39. The topological polar surface area (TPSA) is 61.9 Å². The molecule has 0 aromatic heterocycles. The van der Waals surface area contributed by atoms with E-state index in [0.29, 0.717) is 24.9 Å². The summed E-state index contributed by atoms with van der Waals surface area (Å²) in [5.74, 6) is 0.0647. The first-order chi connectivity index (χ1) is 16.0. The van der Waals surface area contributed by atoms with E-state index in [1.165, 1.54) is 5.56 Å². The Hall–Kier alpha value is -2.15. The first kappa shape index (κ1) is 26.5. The van der Waals surface area contributed by atoms with Crippen molar-refractivity contribution in [2.45, 2.75) is 90.2 Å². The summed E-state index contributed by atoms with van der Waals surface area (Å²) in [6.07, 6.45) is 2.89. The standard InChI is InChI=1S/C27H42FN3O3/c1-19(21-11-13-23(14-12-21)30(5)17-20-9-7-6-8-10-20)24(29-26(33)34-27(2,3)4)25(32)31-16-15-22(28)18-31/h6-10,19,21-24H,11-18H2,1-5H3,(H,29,33)/t19-,21?,22-,23?,24-/m0/s1. The Kier molecular flexibility index (Phi) is 8.96. The maximum Gasteiger partial charge on any atom is 0.408 e. The molecule has 1 aromatic carbocycles. The summed E-state index contributed by atoms with van der Waals surface area (Å²) in [5.41, 5.74) is 0.657. The van der Waals surface area contributed by atoms with Crippen LogP contribution in [0.25, 0.3) is 0 Å². The lowest BCUT2D eigenvalue weighted by molar-refractivity contribution is -0.134. The average Bonchev–Trinajstić information content (AvgIpc) is 3.22. The van der Waals surface area contributed by atoms with E-state index in [2.05, 4.69) is 41.5 Å². The molecular formula is C27H42FN3O3. The van der Waals surface area contributed by atoms with Crippen LogP contribution in [0.2, 0.25) is 0 Å². The van der Waals surface area contributed by atoms with Gasteiger partial charge in [0.1, 0.15) is 17.8 Å². The van der Waals surface area contributed by atoms with Gasteiger partial charge >= 0.3 is 6.09 Å². The molecule has 0 spiro atoms. The van der Waals surface area contributed by atoms with Gasteiger partial charge in [0.15, 0.2) is 0 Å². The lowest BCUT2D eigenvalue weighted by Gasteiger charge is -2.39. The summed E-state index contributed by atoms with van der Waals surface area (Å²) < 4.78 is 19.2. The van der Waals surface area contributed by atoms with E-state index in [1.807, 2.05) is 13.0 Å². The zero-order valence-electron chi connectivity index (χ0n) is 21.4. The molecule has 6 nitrogen and oxygen atoms in total. The number of carbonyl (C=O) groups excluding carboxylic acids is 2. The van der Waals surface area contributed by atoms with E-state index >= 15 is 0 Å². The summed E-state index contributed by atoms with van der Waals surface area (Å²) in [4.78, 5) is 29.9. The molecule has 1 N–H and O–H groups in total. The third-order valence-corrected chi connectivity index (χ3v) is 7.29. The normalized spacial score (nSPS) is 25.1. The smallest absolute Gasteiger partial charge is 0.408 e. The number of rotatable bonds is 7. The van der Waals surface area contributed by atoms with E-state index in [-0.39, 0.29) is 18.4 Å². The number of ether oxygens (including phenoxy) is 1. The second-order valence-corrected chi connectivity index (χ2v) is 11.1. The van der Waals surface area contributed by atoms with Crippen molar-refractivity contribution in [3.63, 3.8) is 0 Å². The Morgan fingerprint density at radius 1 is 1.15 bits per heavy atom. The van der Waals surface area contributed by atoms with E-state index < -0.39 is 23.9 Å². The van der Waals surface area contributed by atoms with Gasteiger partial charge in [-0.2, -0.15) is 0 Å². The van der Waals surface area contributed by atoms with E-state index in [1.54, 1.807) is 25.7 Å². The Bertz CT molecular complexity index is 805. The van der Waals surface area contributed by atoms with Crippen molar-refractivity contribution in [2.75, 3.05) is 20.1 Å². The molecule has 2 aliphatic rings. The number of hydrogen-bond donors (Lipinski definition) is 1. The fourth-order valence-corrected chi connectivity index (χ4v) is 5.31. The van der Waals surface area contributed by atoms with Crippen LogP contribution in [-0.4, -0.2) is 65.8 Å². The zero-order chi connectivity index (χ0) is 24.9. The molecule has 2 fully saturated rings. The minimum Gasteiger partial charge on any atom is -0.444 e. The Morgan fingerprint density at radius 2 is 1.79 bits per heavy atom. The molecule has 1 aliphatic heterocycles. The number of alkyl halides is 1. The fourth-order valence-electron chi connectivity index (χ4n) is 5.31. The summed E-state index contributed by atoms with van der Waals surface area (Å²) in [7, 11) is 2.18. The van der Waals surface area contributed by atoms with Crippen LogP contribution in [0.15, 0.2) is 30.3 Å². The number of alkyl carbamates (subject to hydrolysis) is 1. The Balaban J connectivity index is 1.62. The second kappa shape index (κ2) is 11.5. The molecule has 1 heterocycles. The van der Waals surface area contributed by atoms with Crippen molar-refractivity contribution >= 4 is 12.0 Å². The first-order valence-electron chi connectivity index (χ1n) is 12.7. The summed E-state index contributed by atoms with van der Waals surface area (Å²) in [6, 6.07) is 10.3. The number of carbonyl (C=O) groups is 2. The van der Waals surface area contributed by atoms with Gasteiger partial charge < -0.3 is 15.0 Å². The zero-order valence-corrected chi connectivity index (χ0v) is 21.4. The van der Waals surface area contributed by atoms with Crippen molar-refractivity contribution in [1.82, 2.24) is 15.1 Å². The Morgan fingerprint density at radius 3 is 2.35 bits per heavy atom. The number of halogens is 1. The number of amides is 2. The predicted molar refractivity (Wildman–Crippen MR) is 132 cm³/mol. The highest BCUT2D eigenvalue weighted by molar-refractivity contribution is 5.86. The van der Waals surface area contributed by atoms with Crippen LogP contribution in [0.5, 0.6) is 0 Å². The molecule has 3 atom stereocenters. The number of benzene rings is 1. The quantitative estimate of drug-likeness (QED) is 0.617. The summed E-state index contributed by atoms with van der Waals surface area (Å²) >= 11 is 0. The molecule has 3 rings (SSSR count). The largest absolute Gasteiger partial charge is 0.444 e. The van der Waals surface area contributed by atoms with Gasteiger partial charge in [-0.3, -0.25) is 9.69 Å². The molecule has 0 bridgehead atoms. The minimum absolute atomic E-state index is 0.0564. The molecule has 190 valence electrons. The van der Waals surface area contributed by atoms with Gasteiger partial charge in [0.05, 0.1) is 6.54 Å². The summed E-state index contributed by atoms with van der Waals surface area (Å²) in [6.45, 7) is 8.87. The molecule has 7 heteroatoms. The van der Waals surface area contributed by atoms with Crippen molar-refractivity contribution < 1.29 is 18.7 Å².